The number of hydrogen-bond donors (Lipinski definition) is 1. The third-order valence-electron chi connectivity index (χ3n) is 2.62. The third-order valence-corrected chi connectivity index (χ3v) is 3.12. The summed E-state index contributed by atoms with van der Waals surface area (Å²) in [5.41, 5.74) is 0.259. The van der Waals surface area contributed by atoms with Crippen molar-refractivity contribution in [3.05, 3.63) is 69.4 Å². The van der Waals surface area contributed by atoms with Crippen molar-refractivity contribution in [2.45, 2.75) is 6.54 Å². The van der Waals surface area contributed by atoms with Gasteiger partial charge in [0.2, 0.25) is 0 Å². The first-order chi connectivity index (χ1) is 9.49. The number of halogens is 4. The number of carbonyl (C=O) groups is 1. The Hall–Kier alpha value is -1.82. The third kappa shape index (κ3) is 3.19. The van der Waals surface area contributed by atoms with Gasteiger partial charge in [0.15, 0.2) is 17.5 Å². The van der Waals surface area contributed by atoms with Gasteiger partial charge < -0.3 is 5.32 Å². The number of nitrogens with one attached hydrogen (secondary N) is 1. The van der Waals surface area contributed by atoms with Gasteiger partial charge in [0.05, 0.1) is 5.56 Å². The quantitative estimate of drug-likeness (QED) is 0.844. The van der Waals surface area contributed by atoms with Crippen LogP contribution in [0.25, 0.3) is 0 Å². The summed E-state index contributed by atoms with van der Waals surface area (Å²) < 4.78 is 40.1. The van der Waals surface area contributed by atoms with E-state index in [0.717, 1.165) is 16.1 Å². The van der Waals surface area contributed by atoms with Gasteiger partial charge in [0.1, 0.15) is 0 Å². The Morgan fingerprint density at radius 1 is 1.10 bits per heavy atom. The summed E-state index contributed by atoms with van der Waals surface area (Å²) in [4.78, 5) is 11.7. The van der Waals surface area contributed by atoms with Gasteiger partial charge in [-0.15, -0.1) is 0 Å². The molecule has 0 atom stereocenters. The van der Waals surface area contributed by atoms with Crippen molar-refractivity contribution >= 4 is 21.8 Å². The molecule has 2 aromatic rings. The molecule has 2 nitrogen and oxygen atoms in total. The summed E-state index contributed by atoms with van der Waals surface area (Å²) >= 11 is 3.28. The summed E-state index contributed by atoms with van der Waals surface area (Å²) in [5, 5.41) is 2.44. The van der Waals surface area contributed by atoms with Gasteiger partial charge in [-0.2, -0.15) is 0 Å². The van der Waals surface area contributed by atoms with Crippen molar-refractivity contribution in [1.29, 1.82) is 0 Å². The molecule has 0 radical (unpaired) electrons. The highest BCUT2D eigenvalue weighted by Gasteiger charge is 2.18. The fourth-order valence-corrected chi connectivity index (χ4v) is 2.07. The van der Waals surface area contributed by atoms with Gasteiger partial charge in [0, 0.05) is 11.0 Å². The average Bonchev–Trinajstić information content (AvgIpc) is 2.42. The van der Waals surface area contributed by atoms with Gasteiger partial charge in [-0.25, -0.2) is 13.2 Å². The first-order valence-electron chi connectivity index (χ1n) is 5.65. The van der Waals surface area contributed by atoms with Crippen LogP contribution in [0.5, 0.6) is 0 Å². The van der Waals surface area contributed by atoms with Crippen LogP contribution >= 0.6 is 15.9 Å². The van der Waals surface area contributed by atoms with Crippen LogP contribution in [0.2, 0.25) is 0 Å². The second-order valence-corrected chi connectivity index (χ2v) is 4.95. The Bertz CT molecular complexity index is 661. The minimum absolute atomic E-state index is 0.150. The molecule has 104 valence electrons. The summed E-state index contributed by atoms with van der Waals surface area (Å²) in [6.45, 7) is 0.150. The summed E-state index contributed by atoms with van der Waals surface area (Å²) in [6, 6.07) is 8.77. The molecule has 0 aromatic heterocycles. The predicted molar refractivity (Wildman–Crippen MR) is 71.6 cm³/mol. The molecule has 1 N–H and O–H groups in total. The monoisotopic (exact) mass is 343 g/mol. The average molecular weight is 344 g/mol. The second-order valence-electron chi connectivity index (χ2n) is 4.04. The minimum atomic E-state index is -1.65. The SMILES string of the molecule is O=C(NCc1cccc(Br)c1)c1ccc(F)c(F)c1F. The molecular weight excluding hydrogens is 335 g/mol. The first kappa shape index (κ1) is 14.6. The van der Waals surface area contributed by atoms with Crippen LogP contribution in [0.15, 0.2) is 40.9 Å². The molecule has 1 amide bonds. The van der Waals surface area contributed by atoms with E-state index in [1.165, 1.54) is 0 Å². The van der Waals surface area contributed by atoms with E-state index < -0.39 is 28.9 Å². The largest absolute Gasteiger partial charge is 0.348 e. The zero-order chi connectivity index (χ0) is 14.7. The molecule has 2 aromatic carbocycles. The summed E-state index contributed by atoms with van der Waals surface area (Å²) in [5.74, 6) is -5.27. The Morgan fingerprint density at radius 3 is 2.55 bits per heavy atom. The highest BCUT2D eigenvalue weighted by atomic mass is 79.9. The molecule has 0 aliphatic rings. The molecule has 0 unspecified atom stereocenters. The summed E-state index contributed by atoms with van der Waals surface area (Å²) in [6.07, 6.45) is 0. The van der Waals surface area contributed by atoms with Crippen molar-refractivity contribution in [2.75, 3.05) is 0 Å². The molecule has 0 saturated carbocycles. The van der Waals surface area contributed by atoms with Crippen LogP contribution in [-0.2, 0) is 6.54 Å². The number of benzene rings is 2. The van der Waals surface area contributed by atoms with E-state index in [9.17, 15) is 18.0 Å². The number of carbonyl (C=O) groups excluding carboxylic acids is 1. The highest BCUT2D eigenvalue weighted by Crippen LogP contribution is 2.15. The van der Waals surface area contributed by atoms with E-state index in [-0.39, 0.29) is 6.54 Å². The smallest absolute Gasteiger partial charge is 0.254 e. The maximum atomic E-state index is 13.4. The minimum Gasteiger partial charge on any atom is -0.348 e. The van der Waals surface area contributed by atoms with Gasteiger partial charge in [0.25, 0.3) is 5.91 Å². The first-order valence-corrected chi connectivity index (χ1v) is 6.44. The maximum absolute atomic E-state index is 13.4. The van der Waals surface area contributed by atoms with Gasteiger partial charge in [-0.3, -0.25) is 4.79 Å². The van der Waals surface area contributed by atoms with E-state index in [1.807, 2.05) is 6.07 Å². The van der Waals surface area contributed by atoms with Crippen LogP contribution in [-0.4, -0.2) is 5.91 Å². The van der Waals surface area contributed by atoms with Crippen molar-refractivity contribution in [1.82, 2.24) is 5.32 Å². The standard InChI is InChI=1S/C14H9BrF3NO/c15-9-3-1-2-8(6-9)7-19-14(20)10-4-5-11(16)13(18)12(10)17/h1-6H,7H2,(H,19,20). The molecule has 20 heavy (non-hydrogen) atoms. The molecular formula is C14H9BrF3NO. The molecule has 0 aliphatic heterocycles. The molecule has 2 rings (SSSR count). The Kier molecular flexibility index (Phi) is 4.44. The fourth-order valence-electron chi connectivity index (χ4n) is 1.63. The Balaban J connectivity index is 2.11. The van der Waals surface area contributed by atoms with Crippen molar-refractivity contribution < 1.29 is 18.0 Å². The Morgan fingerprint density at radius 2 is 1.85 bits per heavy atom. The lowest BCUT2D eigenvalue weighted by atomic mass is 10.1. The molecule has 0 spiro atoms. The molecule has 6 heteroatoms. The van der Waals surface area contributed by atoms with E-state index in [0.29, 0.717) is 6.07 Å². The number of amides is 1. The predicted octanol–water partition coefficient (Wildman–Crippen LogP) is 3.80. The van der Waals surface area contributed by atoms with Crippen LogP contribution < -0.4 is 5.32 Å². The number of rotatable bonds is 3. The van der Waals surface area contributed by atoms with Crippen LogP contribution in [0.3, 0.4) is 0 Å². The molecule has 0 aliphatic carbocycles. The van der Waals surface area contributed by atoms with Crippen molar-refractivity contribution in [2.24, 2.45) is 0 Å². The summed E-state index contributed by atoms with van der Waals surface area (Å²) in [7, 11) is 0. The van der Waals surface area contributed by atoms with Crippen LogP contribution in [0.4, 0.5) is 13.2 Å². The fraction of sp³-hybridized carbons (Fsp3) is 0.0714. The topological polar surface area (TPSA) is 29.1 Å². The van der Waals surface area contributed by atoms with E-state index >= 15 is 0 Å². The van der Waals surface area contributed by atoms with E-state index in [4.69, 9.17) is 0 Å². The molecule has 0 saturated heterocycles. The zero-order valence-electron chi connectivity index (χ0n) is 10.1. The lowest BCUT2D eigenvalue weighted by Crippen LogP contribution is -2.24. The molecule has 0 bridgehead atoms. The normalized spacial score (nSPS) is 10.4. The lowest BCUT2D eigenvalue weighted by molar-refractivity contribution is 0.0945. The van der Waals surface area contributed by atoms with Gasteiger partial charge in [-0.1, -0.05) is 28.1 Å². The second kappa shape index (κ2) is 6.09. The van der Waals surface area contributed by atoms with Crippen molar-refractivity contribution in [3.63, 3.8) is 0 Å². The van der Waals surface area contributed by atoms with E-state index in [2.05, 4.69) is 21.2 Å². The lowest BCUT2D eigenvalue weighted by Gasteiger charge is -2.07. The number of hydrogen-bond acceptors (Lipinski definition) is 1. The van der Waals surface area contributed by atoms with Gasteiger partial charge >= 0.3 is 0 Å². The zero-order valence-corrected chi connectivity index (χ0v) is 11.7. The van der Waals surface area contributed by atoms with Crippen molar-refractivity contribution in [3.8, 4) is 0 Å². The van der Waals surface area contributed by atoms with Crippen LogP contribution in [0, 0.1) is 17.5 Å². The highest BCUT2D eigenvalue weighted by molar-refractivity contribution is 9.10. The van der Waals surface area contributed by atoms with Gasteiger partial charge in [-0.05, 0) is 29.8 Å². The Labute approximate surface area is 121 Å². The maximum Gasteiger partial charge on any atom is 0.254 e. The van der Waals surface area contributed by atoms with Crippen LogP contribution in [0.1, 0.15) is 15.9 Å². The molecule has 0 fully saturated rings. The van der Waals surface area contributed by atoms with E-state index in [1.54, 1.807) is 18.2 Å². The molecule has 0 heterocycles.